The van der Waals surface area contributed by atoms with Crippen LogP contribution in [0, 0.1) is 11.8 Å². The molecule has 0 bridgehead atoms. The fourth-order valence-electron chi connectivity index (χ4n) is 3.16. The minimum atomic E-state index is -0.154. The molecule has 0 saturated heterocycles. The lowest BCUT2D eigenvalue weighted by Gasteiger charge is -2.25. The zero-order chi connectivity index (χ0) is 14.9. The smallest absolute Gasteiger partial charge is 0.309 e. The van der Waals surface area contributed by atoms with Crippen LogP contribution in [-0.2, 0) is 16.1 Å². The van der Waals surface area contributed by atoms with Gasteiger partial charge in [0.1, 0.15) is 6.61 Å². The maximum Gasteiger partial charge on any atom is 0.309 e. The Labute approximate surface area is 127 Å². The number of carbonyl (C=O) groups is 1. The van der Waals surface area contributed by atoms with Crippen LogP contribution in [0.4, 0.5) is 0 Å². The van der Waals surface area contributed by atoms with Gasteiger partial charge in [0, 0.05) is 6.61 Å². The first kappa shape index (κ1) is 16.0. The Morgan fingerprint density at radius 2 is 1.90 bits per heavy atom. The fraction of sp³-hybridized carbons (Fsp3) is 0.611. The lowest BCUT2D eigenvalue weighted by Crippen LogP contribution is -2.23. The Morgan fingerprint density at radius 3 is 2.57 bits per heavy atom. The van der Waals surface area contributed by atoms with Gasteiger partial charge in [-0.3, -0.25) is 4.79 Å². The van der Waals surface area contributed by atoms with E-state index in [1.807, 2.05) is 30.3 Å². The molecule has 0 aliphatic heterocycles. The van der Waals surface area contributed by atoms with Crippen molar-refractivity contribution in [3.05, 3.63) is 35.9 Å². The number of benzene rings is 1. The largest absolute Gasteiger partial charge is 0.461 e. The molecule has 1 fully saturated rings. The van der Waals surface area contributed by atoms with E-state index in [0.717, 1.165) is 12.0 Å². The quantitative estimate of drug-likeness (QED) is 0.779. The monoisotopic (exact) mass is 290 g/mol. The first-order chi connectivity index (χ1) is 10.3. The number of hydrogen-bond donors (Lipinski definition) is 1. The van der Waals surface area contributed by atoms with Gasteiger partial charge in [-0.2, -0.15) is 0 Å². The third-order valence-electron chi connectivity index (χ3n) is 4.38. The van der Waals surface area contributed by atoms with Crippen LogP contribution >= 0.6 is 0 Å². The number of hydrogen-bond acceptors (Lipinski definition) is 3. The molecule has 0 aromatic heterocycles. The molecule has 1 aromatic carbocycles. The molecular formula is C18H26O3. The van der Waals surface area contributed by atoms with E-state index in [1.54, 1.807) is 0 Å². The number of aliphatic hydroxyl groups excluding tert-OH is 1. The van der Waals surface area contributed by atoms with E-state index in [9.17, 15) is 9.90 Å². The Morgan fingerprint density at radius 1 is 1.19 bits per heavy atom. The summed E-state index contributed by atoms with van der Waals surface area (Å²) in [6.07, 6.45) is 7.69. The Kier molecular flexibility index (Phi) is 6.74. The molecule has 0 amide bonds. The maximum absolute atomic E-state index is 12.2. The van der Waals surface area contributed by atoms with Gasteiger partial charge in [-0.05, 0) is 24.3 Å². The zero-order valence-electron chi connectivity index (χ0n) is 12.7. The molecule has 0 unspecified atom stereocenters. The molecule has 0 spiro atoms. The summed E-state index contributed by atoms with van der Waals surface area (Å²) in [4.78, 5) is 12.2. The van der Waals surface area contributed by atoms with E-state index >= 15 is 0 Å². The van der Waals surface area contributed by atoms with E-state index in [-0.39, 0.29) is 18.5 Å². The second kappa shape index (κ2) is 8.83. The molecule has 1 atom stereocenters. The van der Waals surface area contributed by atoms with Gasteiger partial charge in [0.15, 0.2) is 0 Å². The van der Waals surface area contributed by atoms with Crippen LogP contribution in [0.5, 0.6) is 0 Å². The second-order valence-electron chi connectivity index (χ2n) is 6.04. The number of esters is 1. The molecule has 1 saturated carbocycles. The lowest BCUT2D eigenvalue weighted by atomic mass is 9.82. The van der Waals surface area contributed by atoms with E-state index in [2.05, 4.69) is 0 Å². The van der Waals surface area contributed by atoms with Gasteiger partial charge in [-0.15, -0.1) is 0 Å². The van der Waals surface area contributed by atoms with Gasteiger partial charge in [0.2, 0.25) is 0 Å². The minimum Gasteiger partial charge on any atom is -0.461 e. The van der Waals surface area contributed by atoms with Gasteiger partial charge in [-0.1, -0.05) is 62.4 Å². The van der Waals surface area contributed by atoms with Crippen LogP contribution in [0.3, 0.4) is 0 Å². The molecular weight excluding hydrogens is 264 g/mol. The SMILES string of the molecule is O=C(OCc1ccccc1)[C@H](CCO)CC1CCCCC1. The lowest BCUT2D eigenvalue weighted by molar-refractivity contribution is -0.151. The summed E-state index contributed by atoms with van der Waals surface area (Å²) >= 11 is 0. The van der Waals surface area contributed by atoms with E-state index in [4.69, 9.17) is 4.74 Å². The molecule has 1 N–H and O–H groups in total. The molecule has 2 rings (SSSR count). The van der Waals surface area contributed by atoms with Crippen molar-refractivity contribution < 1.29 is 14.6 Å². The summed E-state index contributed by atoms with van der Waals surface area (Å²) in [5, 5.41) is 9.19. The molecule has 0 radical (unpaired) electrons. The normalized spacial score (nSPS) is 17.4. The Hall–Kier alpha value is -1.35. The van der Waals surface area contributed by atoms with Crippen LogP contribution in [0.15, 0.2) is 30.3 Å². The van der Waals surface area contributed by atoms with Gasteiger partial charge >= 0.3 is 5.97 Å². The van der Waals surface area contributed by atoms with Crippen molar-refractivity contribution in [1.82, 2.24) is 0 Å². The van der Waals surface area contributed by atoms with Crippen molar-refractivity contribution >= 4 is 5.97 Å². The average Bonchev–Trinajstić information content (AvgIpc) is 2.54. The van der Waals surface area contributed by atoms with Gasteiger partial charge in [0.25, 0.3) is 0 Å². The molecule has 0 heterocycles. The average molecular weight is 290 g/mol. The summed E-state index contributed by atoms with van der Waals surface area (Å²) in [6, 6.07) is 9.74. The third-order valence-corrected chi connectivity index (χ3v) is 4.38. The van der Waals surface area contributed by atoms with Crippen LogP contribution < -0.4 is 0 Å². The predicted octanol–water partition coefficient (Wildman–Crippen LogP) is 3.70. The van der Waals surface area contributed by atoms with Gasteiger partial charge in [0.05, 0.1) is 5.92 Å². The van der Waals surface area contributed by atoms with E-state index < -0.39 is 0 Å². The zero-order valence-corrected chi connectivity index (χ0v) is 12.7. The van der Waals surface area contributed by atoms with Crippen molar-refractivity contribution in [2.75, 3.05) is 6.61 Å². The molecule has 21 heavy (non-hydrogen) atoms. The van der Waals surface area contributed by atoms with Crippen molar-refractivity contribution in [1.29, 1.82) is 0 Å². The second-order valence-corrected chi connectivity index (χ2v) is 6.04. The van der Waals surface area contributed by atoms with Gasteiger partial charge < -0.3 is 9.84 Å². The highest BCUT2D eigenvalue weighted by Gasteiger charge is 2.25. The summed E-state index contributed by atoms with van der Waals surface area (Å²) in [5.74, 6) is 0.319. The molecule has 1 aliphatic carbocycles. The summed E-state index contributed by atoms with van der Waals surface area (Å²) < 4.78 is 5.43. The molecule has 1 aromatic rings. The topological polar surface area (TPSA) is 46.5 Å². The van der Waals surface area contributed by atoms with Crippen LogP contribution in [0.2, 0.25) is 0 Å². The molecule has 1 aliphatic rings. The van der Waals surface area contributed by atoms with Crippen molar-refractivity contribution in [3.8, 4) is 0 Å². The highest BCUT2D eigenvalue weighted by atomic mass is 16.5. The molecule has 3 heteroatoms. The standard InChI is InChI=1S/C18H26O3/c19-12-11-17(13-15-7-3-1-4-8-15)18(20)21-14-16-9-5-2-6-10-16/h2,5-6,9-10,15,17,19H,1,3-4,7-8,11-14H2/t17-/m1/s1. The summed E-state index contributed by atoms with van der Waals surface area (Å²) in [6.45, 7) is 0.379. The number of ether oxygens (including phenoxy) is 1. The molecule has 116 valence electrons. The number of rotatable bonds is 7. The summed E-state index contributed by atoms with van der Waals surface area (Å²) in [7, 11) is 0. The highest BCUT2D eigenvalue weighted by Crippen LogP contribution is 2.30. The van der Waals surface area contributed by atoms with Crippen LogP contribution in [-0.4, -0.2) is 17.7 Å². The number of aliphatic hydroxyl groups is 1. The van der Waals surface area contributed by atoms with Crippen LogP contribution in [0.1, 0.15) is 50.5 Å². The summed E-state index contributed by atoms with van der Waals surface area (Å²) in [5.41, 5.74) is 1.01. The van der Waals surface area contributed by atoms with Crippen molar-refractivity contribution in [3.63, 3.8) is 0 Å². The Balaban J connectivity index is 1.82. The Bertz CT molecular complexity index is 410. The number of carbonyl (C=O) groups excluding carboxylic acids is 1. The maximum atomic E-state index is 12.2. The first-order valence-electron chi connectivity index (χ1n) is 8.11. The van der Waals surface area contributed by atoms with E-state index in [1.165, 1.54) is 32.1 Å². The third kappa shape index (κ3) is 5.50. The predicted molar refractivity (Wildman–Crippen MR) is 82.6 cm³/mol. The van der Waals surface area contributed by atoms with Crippen molar-refractivity contribution in [2.24, 2.45) is 11.8 Å². The fourth-order valence-corrected chi connectivity index (χ4v) is 3.16. The minimum absolute atomic E-state index is 0.0534. The highest BCUT2D eigenvalue weighted by molar-refractivity contribution is 5.72. The van der Waals surface area contributed by atoms with Crippen LogP contribution in [0.25, 0.3) is 0 Å². The first-order valence-corrected chi connectivity index (χ1v) is 8.11. The molecule has 3 nitrogen and oxygen atoms in total. The van der Waals surface area contributed by atoms with Crippen molar-refractivity contribution in [2.45, 2.75) is 51.6 Å². The van der Waals surface area contributed by atoms with Gasteiger partial charge in [-0.25, -0.2) is 0 Å². The van der Waals surface area contributed by atoms with E-state index in [0.29, 0.717) is 18.9 Å².